The Morgan fingerprint density at radius 2 is 2.20 bits per heavy atom. The first-order chi connectivity index (χ1) is 4.74. The van der Waals surface area contributed by atoms with Gasteiger partial charge in [0, 0.05) is 12.1 Å². The maximum Gasteiger partial charge on any atom is 0.153 e. The number of aldehydes is 1. The zero-order chi connectivity index (χ0) is 7.56. The fraction of sp³-hybridized carbons (Fsp3) is 0. The van der Waals surface area contributed by atoms with Gasteiger partial charge in [0.25, 0.3) is 0 Å². The number of hydrogen-bond acceptors (Lipinski definition) is 1. The third-order valence-electron chi connectivity index (χ3n) is 1.02. The molecule has 0 unspecified atom stereocenters. The summed E-state index contributed by atoms with van der Waals surface area (Å²) < 4.78 is 24.4. The van der Waals surface area contributed by atoms with E-state index in [4.69, 9.17) is 0 Å². The van der Waals surface area contributed by atoms with Gasteiger partial charge >= 0.3 is 0 Å². The second-order valence-electron chi connectivity index (χ2n) is 1.70. The van der Waals surface area contributed by atoms with E-state index in [1.165, 1.54) is 0 Å². The Bertz CT molecular complexity index is 258. The Labute approximate surface area is 56.3 Å². The smallest absolute Gasteiger partial charge is 0.153 e. The minimum Gasteiger partial charge on any atom is -0.298 e. The van der Waals surface area contributed by atoms with Crippen molar-refractivity contribution in [2.75, 3.05) is 0 Å². The van der Waals surface area contributed by atoms with Crippen LogP contribution in [0.1, 0.15) is 10.4 Å². The Morgan fingerprint density at radius 3 is 2.70 bits per heavy atom. The highest BCUT2D eigenvalue weighted by molar-refractivity contribution is 5.74. The predicted molar refractivity (Wildman–Crippen MR) is 30.6 cm³/mol. The van der Waals surface area contributed by atoms with Crippen LogP contribution in [0.5, 0.6) is 0 Å². The molecule has 0 aliphatic heterocycles. The van der Waals surface area contributed by atoms with Gasteiger partial charge in [-0.05, 0) is 6.07 Å². The van der Waals surface area contributed by atoms with E-state index in [2.05, 4.69) is 6.07 Å². The summed E-state index contributed by atoms with van der Waals surface area (Å²) in [5, 5.41) is 0. The first-order valence-electron chi connectivity index (χ1n) is 2.56. The SMILES string of the molecule is O=Cc1c[c]c(F)cc1F. The maximum absolute atomic E-state index is 12.4. The fourth-order valence-corrected chi connectivity index (χ4v) is 0.542. The highest BCUT2D eigenvalue weighted by Crippen LogP contribution is 2.05. The normalized spacial score (nSPS) is 9.40. The van der Waals surface area contributed by atoms with Gasteiger partial charge in [-0.25, -0.2) is 8.78 Å². The lowest BCUT2D eigenvalue weighted by molar-refractivity contribution is 0.111. The molecule has 0 N–H and O–H groups in total. The molecule has 1 radical (unpaired) electrons. The van der Waals surface area contributed by atoms with Crippen LogP contribution in [0.2, 0.25) is 0 Å². The van der Waals surface area contributed by atoms with Crippen LogP contribution in [0.3, 0.4) is 0 Å². The van der Waals surface area contributed by atoms with Crippen LogP contribution in [0.25, 0.3) is 0 Å². The summed E-state index contributed by atoms with van der Waals surface area (Å²) >= 11 is 0. The van der Waals surface area contributed by atoms with Crippen molar-refractivity contribution >= 4 is 6.29 Å². The zero-order valence-corrected chi connectivity index (χ0v) is 4.90. The predicted octanol–water partition coefficient (Wildman–Crippen LogP) is 1.58. The molecular weight excluding hydrogens is 138 g/mol. The quantitative estimate of drug-likeness (QED) is 0.542. The van der Waals surface area contributed by atoms with Gasteiger partial charge < -0.3 is 0 Å². The van der Waals surface area contributed by atoms with E-state index < -0.39 is 11.6 Å². The van der Waals surface area contributed by atoms with Crippen molar-refractivity contribution in [2.45, 2.75) is 0 Å². The monoisotopic (exact) mass is 141 g/mol. The molecule has 0 aromatic heterocycles. The van der Waals surface area contributed by atoms with Crippen molar-refractivity contribution < 1.29 is 13.6 Å². The van der Waals surface area contributed by atoms with E-state index in [1.54, 1.807) is 0 Å². The first kappa shape index (κ1) is 6.86. The molecular formula is C7H3F2O. The molecule has 0 aliphatic rings. The van der Waals surface area contributed by atoms with Crippen LogP contribution < -0.4 is 0 Å². The van der Waals surface area contributed by atoms with Gasteiger partial charge in [-0.2, -0.15) is 0 Å². The van der Waals surface area contributed by atoms with Crippen LogP contribution in [-0.4, -0.2) is 6.29 Å². The third kappa shape index (κ3) is 1.18. The summed E-state index contributed by atoms with van der Waals surface area (Å²) in [5.74, 6) is -1.66. The maximum atomic E-state index is 12.4. The lowest BCUT2D eigenvalue weighted by Crippen LogP contribution is -1.87. The lowest BCUT2D eigenvalue weighted by Gasteiger charge is -1.90. The molecule has 3 heteroatoms. The van der Waals surface area contributed by atoms with Crippen LogP contribution in [0.15, 0.2) is 12.1 Å². The standard InChI is InChI=1S/C7H3F2O/c8-6-2-1-5(4-10)7(9)3-6/h1,3-4H. The van der Waals surface area contributed by atoms with Crippen LogP contribution >= 0.6 is 0 Å². The highest BCUT2D eigenvalue weighted by atomic mass is 19.1. The summed E-state index contributed by atoms with van der Waals surface area (Å²) in [7, 11) is 0. The first-order valence-corrected chi connectivity index (χ1v) is 2.56. The van der Waals surface area contributed by atoms with Gasteiger partial charge in [0.1, 0.15) is 11.6 Å². The molecule has 1 aromatic rings. The van der Waals surface area contributed by atoms with Gasteiger partial charge in [0.15, 0.2) is 6.29 Å². The van der Waals surface area contributed by atoms with Crippen molar-refractivity contribution in [1.82, 2.24) is 0 Å². The van der Waals surface area contributed by atoms with E-state index in [0.717, 1.165) is 6.07 Å². The molecule has 0 bridgehead atoms. The molecule has 0 aliphatic carbocycles. The van der Waals surface area contributed by atoms with E-state index in [9.17, 15) is 13.6 Å². The van der Waals surface area contributed by atoms with E-state index in [-0.39, 0.29) is 5.56 Å². The molecule has 0 saturated heterocycles. The fourth-order valence-electron chi connectivity index (χ4n) is 0.542. The number of carbonyl (C=O) groups is 1. The van der Waals surface area contributed by atoms with Crippen LogP contribution in [-0.2, 0) is 0 Å². The summed E-state index contributed by atoms with van der Waals surface area (Å²) in [5.41, 5.74) is -0.179. The summed E-state index contributed by atoms with van der Waals surface area (Å²) in [6, 6.07) is 3.64. The molecule has 0 fully saturated rings. The Kier molecular flexibility index (Phi) is 1.76. The molecule has 1 aromatic carbocycles. The molecule has 51 valence electrons. The van der Waals surface area contributed by atoms with E-state index >= 15 is 0 Å². The number of benzene rings is 1. The Balaban J connectivity index is 3.19. The molecule has 1 rings (SSSR count). The average Bonchev–Trinajstić information content (AvgIpc) is 1.88. The van der Waals surface area contributed by atoms with Crippen LogP contribution in [0, 0.1) is 17.7 Å². The molecule has 10 heavy (non-hydrogen) atoms. The minimum absolute atomic E-state index is 0.179. The number of rotatable bonds is 1. The van der Waals surface area contributed by atoms with Crippen LogP contribution in [0.4, 0.5) is 8.78 Å². The molecule has 0 heterocycles. The van der Waals surface area contributed by atoms with E-state index in [0.29, 0.717) is 12.4 Å². The topological polar surface area (TPSA) is 17.1 Å². The summed E-state index contributed by atoms with van der Waals surface area (Å²) in [6.45, 7) is 0. The Hall–Kier alpha value is -1.25. The molecule has 0 saturated carbocycles. The van der Waals surface area contributed by atoms with Crippen molar-refractivity contribution in [3.63, 3.8) is 0 Å². The van der Waals surface area contributed by atoms with E-state index in [1.807, 2.05) is 0 Å². The molecule has 0 atom stereocenters. The van der Waals surface area contributed by atoms with Gasteiger partial charge in [0.2, 0.25) is 0 Å². The summed E-state index contributed by atoms with van der Waals surface area (Å²) in [6.07, 6.45) is 0.311. The zero-order valence-electron chi connectivity index (χ0n) is 4.90. The highest BCUT2D eigenvalue weighted by Gasteiger charge is 2.00. The Morgan fingerprint density at radius 1 is 1.50 bits per heavy atom. The average molecular weight is 141 g/mol. The number of carbonyl (C=O) groups excluding carboxylic acids is 1. The van der Waals surface area contributed by atoms with Crippen molar-refractivity contribution in [2.24, 2.45) is 0 Å². The molecule has 1 nitrogen and oxygen atoms in total. The van der Waals surface area contributed by atoms with Gasteiger partial charge in [0.05, 0.1) is 5.56 Å². The van der Waals surface area contributed by atoms with Crippen molar-refractivity contribution in [3.05, 3.63) is 35.4 Å². The third-order valence-corrected chi connectivity index (χ3v) is 1.02. The molecule has 0 amide bonds. The van der Waals surface area contributed by atoms with Gasteiger partial charge in [-0.15, -0.1) is 0 Å². The van der Waals surface area contributed by atoms with Gasteiger partial charge in [-0.3, -0.25) is 4.79 Å². The van der Waals surface area contributed by atoms with Crippen molar-refractivity contribution in [3.8, 4) is 0 Å². The van der Waals surface area contributed by atoms with Crippen molar-refractivity contribution in [1.29, 1.82) is 0 Å². The minimum atomic E-state index is -0.855. The van der Waals surface area contributed by atoms with Gasteiger partial charge in [-0.1, -0.05) is 0 Å². The number of halogens is 2. The number of hydrogen-bond donors (Lipinski definition) is 0. The molecule has 0 spiro atoms. The second-order valence-corrected chi connectivity index (χ2v) is 1.70. The second kappa shape index (κ2) is 2.56. The largest absolute Gasteiger partial charge is 0.298 e. The summed E-state index contributed by atoms with van der Waals surface area (Å²) in [4.78, 5) is 9.96. The lowest BCUT2D eigenvalue weighted by atomic mass is 10.2.